The first kappa shape index (κ1) is 15.1. The molecular weight excluding hydrogens is 248 g/mol. The third-order valence-corrected chi connectivity index (χ3v) is 3.50. The second kappa shape index (κ2) is 6.87. The molecule has 0 heterocycles. The van der Waals surface area contributed by atoms with Crippen molar-refractivity contribution in [3.63, 3.8) is 0 Å². The molecule has 18 heavy (non-hydrogen) atoms. The molecule has 0 aromatic heterocycles. The highest BCUT2D eigenvalue weighted by atomic mass is 32.2. The van der Waals surface area contributed by atoms with E-state index in [0.717, 1.165) is 6.42 Å². The fourth-order valence-corrected chi connectivity index (χ4v) is 2.25. The molecule has 102 valence electrons. The van der Waals surface area contributed by atoms with Crippen LogP contribution in [0.2, 0.25) is 0 Å². The summed E-state index contributed by atoms with van der Waals surface area (Å²) < 4.78 is 24.3. The van der Waals surface area contributed by atoms with Crippen LogP contribution in [0.1, 0.15) is 30.5 Å². The number of hydrogen-bond donors (Lipinski definition) is 2. The van der Waals surface area contributed by atoms with E-state index in [1.807, 2.05) is 0 Å². The Labute approximate surface area is 110 Å². The highest BCUT2D eigenvalue weighted by Crippen LogP contribution is 2.16. The molecule has 0 aliphatic carbocycles. The van der Waals surface area contributed by atoms with E-state index in [9.17, 15) is 8.42 Å². The number of hydrogen-bond acceptors (Lipinski definition) is 3. The van der Waals surface area contributed by atoms with Gasteiger partial charge in [-0.15, -0.1) is 0 Å². The SMILES string of the molecule is CCC(NCCNS(C)(=O)=O)c1ccc(C)cc1. The van der Waals surface area contributed by atoms with Crippen LogP contribution < -0.4 is 10.0 Å². The van der Waals surface area contributed by atoms with Gasteiger partial charge in [0.15, 0.2) is 0 Å². The number of aryl methyl sites for hydroxylation is 1. The molecule has 0 saturated heterocycles. The zero-order chi connectivity index (χ0) is 13.6. The molecule has 0 aliphatic rings. The molecule has 4 nitrogen and oxygen atoms in total. The van der Waals surface area contributed by atoms with Crippen molar-refractivity contribution >= 4 is 10.0 Å². The predicted molar refractivity (Wildman–Crippen MR) is 75.1 cm³/mol. The summed E-state index contributed by atoms with van der Waals surface area (Å²) >= 11 is 0. The van der Waals surface area contributed by atoms with E-state index in [-0.39, 0.29) is 6.04 Å². The first-order chi connectivity index (χ1) is 8.42. The minimum Gasteiger partial charge on any atom is -0.309 e. The predicted octanol–water partition coefficient (Wildman–Crippen LogP) is 1.58. The largest absolute Gasteiger partial charge is 0.309 e. The van der Waals surface area contributed by atoms with Crippen molar-refractivity contribution in [1.29, 1.82) is 0 Å². The standard InChI is InChI=1S/C13H22N2O2S/c1-4-13(12-7-5-11(2)6-8-12)14-9-10-15-18(3,16)17/h5-8,13-15H,4,9-10H2,1-3H3. The fourth-order valence-electron chi connectivity index (χ4n) is 1.78. The summed E-state index contributed by atoms with van der Waals surface area (Å²) in [7, 11) is -3.09. The highest BCUT2D eigenvalue weighted by molar-refractivity contribution is 7.88. The molecule has 1 unspecified atom stereocenters. The molecule has 1 atom stereocenters. The Bertz CT molecular complexity index is 454. The van der Waals surface area contributed by atoms with Crippen LogP contribution in [-0.4, -0.2) is 27.8 Å². The molecule has 0 saturated carbocycles. The van der Waals surface area contributed by atoms with Gasteiger partial charge in [-0.2, -0.15) is 0 Å². The van der Waals surface area contributed by atoms with E-state index in [1.54, 1.807) is 0 Å². The summed E-state index contributed by atoms with van der Waals surface area (Å²) in [6, 6.07) is 8.68. The van der Waals surface area contributed by atoms with E-state index >= 15 is 0 Å². The summed E-state index contributed by atoms with van der Waals surface area (Å²) in [4.78, 5) is 0. The van der Waals surface area contributed by atoms with Gasteiger partial charge in [0, 0.05) is 19.1 Å². The molecule has 0 spiro atoms. The van der Waals surface area contributed by atoms with Gasteiger partial charge in [-0.1, -0.05) is 36.8 Å². The average Bonchev–Trinajstić information content (AvgIpc) is 2.29. The van der Waals surface area contributed by atoms with Gasteiger partial charge in [-0.05, 0) is 18.9 Å². The maximum atomic E-state index is 10.9. The Balaban J connectivity index is 2.45. The second-order valence-electron chi connectivity index (χ2n) is 4.49. The number of sulfonamides is 1. The van der Waals surface area contributed by atoms with Gasteiger partial charge in [0.2, 0.25) is 10.0 Å². The first-order valence-electron chi connectivity index (χ1n) is 6.17. The smallest absolute Gasteiger partial charge is 0.208 e. The van der Waals surface area contributed by atoms with Crippen LogP contribution >= 0.6 is 0 Å². The molecule has 0 amide bonds. The van der Waals surface area contributed by atoms with Crippen LogP contribution in [0.4, 0.5) is 0 Å². The lowest BCUT2D eigenvalue weighted by Crippen LogP contribution is -2.32. The van der Waals surface area contributed by atoms with Crippen LogP contribution in [0.5, 0.6) is 0 Å². The van der Waals surface area contributed by atoms with Gasteiger partial charge in [-0.25, -0.2) is 13.1 Å². The average molecular weight is 270 g/mol. The maximum absolute atomic E-state index is 10.9. The molecule has 5 heteroatoms. The van der Waals surface area contributed by atoms with E-state index < -0.39 is 10.0 Å². The Hall–Kier alpha value is -0.910. The number of benzene rings is 1. The zero-order valence-corrected chi connectivity index (χ0v) is 12.0. The molecule has 1 rings (SSSR count). The van der Waals surface area contributed by atoms with Crippen LogP contribution in [-0.2, 0) is 10.0 Å². The van der Waals surface area contributed by atoms with Crippen molar-refractivity contribution < 1.29 is 8.42 Å². The maximum Gasteiger partial charge on any atom is 0.208 e. The van der Waals surface area contributed by atoms with Crippen LogP contribution in [0.25, 0.3) is 0 Å². The van der Waals surface area contributed by atoms with Crippen molar-refractivity contribution in [1.82, 2.24) is 10.0 Å². The van der Waals surface area contributed by atoms with Gasteiger partial charge >= 0.3 is 0 Å². The molecule has 0 bridgehead atoms. The fraction of sp³-hybridized carbons (Fsp3) is 0.538. The van der Waals surface area contributed by atoms with Crippen molar-refractivity contribution in [2.24, 2.45) is 0 Å². The van der Waals surface area contributed by atoms with Crippen molar-refractivity contribution in [2.75, 3.05) is 19.3 Å². The molecule has 2 N–H and O–H groups in total. The summed E-state index contributed by atoms with van der Waals surface area (Å²) in [5.41, 5.74) is 2.48. The molecular formula is C13H22N2O2S. The normalized spacial score (nSPS) is 13.5. The Morgan fingerprint density at radius 1 is 1.17 bits per heavy atom. The minimum absolute atomic E-state index is 0.270. The molecule has 1 aromatic carbocycles. The molecule has 1 aromatic rings. The molecule has 0 fully saturated rings. The van der Waals surface area contributed by atoms with Gasteiger partial charge < -0.3 is 5.32 Å². The summed E-state index contributed by atoms with van der Waals surface area (Å²) in [5, 5.41) is 3.35. The molecule has 0 radical (unpaired) electrons. The lowest BCUT2D eigenvalue weighted by molar-refractivity contribution is 0.516. The van der Waals surface area contributed by atoms with E-state index in [2.05, 4.69) is 48.2 Å². The van der Waals surface area contributed by atoms with Gasteiger partial charge in [0.1, 0.15) is 0 Å². The van der Waals surface area contributed by atoms with Gasteiger partial charge in [-0.3, -0.25) is 0 Å². The lowest BCUT2D eigenvalue weighted by Gasteiger charge is -2.17. The van der Waals surface area contributed by atoms with Gasteiger partial charge in [0.25, 0.3) is 0 Å². The Morgan fingerprint density at radius 3 is 2.28 bits per heavy atom. The second-order valence-corrected chi connectivity index (χ2v) is 6.33. The summed E-state index contributed by atoms with van der Waals surface area (Å²) in [5.74, 6) is 0. The van der Waals surface area contributed by atoms with Crippen molar-refractivity contribution in [3.05, 3.63) is 35.4 Å². The van der Waals surface area contributed by atoms with E-state index in [4.69, 9.17) is 0 Å². The van der Waals surface area contributed by atoms with Crippen LogP contribution in [0.3, 0.4) is 0 Å². The van der Waals surface area contributed by atoms with Crippen LogP contribution in [0, 0.1) is 6.92 Å². The van der Waals surface area contributed by atoms with E-state index in [0.29, 0.717) is 13.1 Å². The Morgan fingerprint density at radius 2 is 1.78 bits per heavy atom. The number of nitrogens with one attached hydrogen (secondary N) is 2. The highest BCUT2D eigenvalue weighted by Gasteiger charge is 2.08. The molecule has 0 aliphatic heterocycles. The third-order valence-electron chi connectivity index (χ3n) is 2.77. The van der Waals surface area contributed by atoms with Crippen molar-refractivity contribution in [3.8, 4) is 0 Å². The zero-order valence-electron chi connectivity index (χ0n) is 11.2. The first-order valence-corrected chi connectivity index (χ1v) is 8.06. The topological polar surface area (TPSA) is 58.2 Å². The minimum atomic E-state index is -3.09. The van der Waals surface area contributed by atoms with Crippen LogP contribution in [0.15, 0.2) is 24.3 Å². The number of rotatable bonds is 7. The summed E-state index contributed by atoms with van der Waals surface area (Å²) in [6.07, 6.45) is 2.15. The monoisotopic (exact) mass is 270 g/mol. The van der Waals surface area contributed by atoms with E-state index in [1.165, 1.54) is 17.4 Å². The van der Waals surface area contributed by atoms with Crippen molar-refractivity contribution in [2.45, 2.75) is 26.3 Å². The third kappa shape index (κ3) is 5.62. The Kier molecular flexibility index (Phi) is 5.78. The van der Waals surface area contributed by atoms with Gasteiger partial charge in [0.05, 0.1) is 6.26 Å². The quantitative estimate of drug-likeness (QED) is 0.740. The summed E-state index contributed by atoms with van der Waals surface area (Å²) in [6.45, 7) is 5.22. The lowest BCUT2D eigenvalue weighted by atomic mass is 10.0.